The number of benzene rings is 2. The minimum atomic E-state index is -1.01. The Balaban J connectivity index is 1.51. The molecule has 6 heteroatoms. The summed E-state index contributed by atoms with van der Waals surface area (Å²) in [6.45, 7) is 5.14. The first kappa shape index (κ1) is 20.5. The third-order valence-electron chi connectivity index (χ3n) is 6.27. The van der Waals surface area contributed by atoms with Crippen LogP contribution in [0.25, 0.3) is 10.2 Å². The van der Waals surface area contributed by atoms with Gasteiger partial charge in [0.25, 0.3) is 5.91 Å². The van der Waals surface area contributed by atoms with E-state index in [1.807, 2.05) is 90.5 Å². The molecule has 0 bridgehead atoms. The van der Waals surface area contributed by atoms with E-state index in [0.29, 0.717) is 25.3 Å². The Labute approximate surface area is 191 Å². The van der Waals surface area contributed by atoms with Crippen LogP contribution in [0.3, 0.4) is 0 Å². The molecule has 1 N–H and O–H groups in total. The summed E-state index contributed by atoms with van der Waals surface area (Å²) in [5, 5.41) is 6.14. The number of nitrogens with one attached hydrogen (secondary N) is 1. The molecule has 5 nitrogen and oxygen atoms in total. The Morgan fingerprint density at radius 3 is 2.56 bits per heavy atom. The van der Waals surface area contributed by atoms with Gasteiger partial charge in [-0.25, -0.2) is 0 Å². The number of amides is 2. The molecule has 0 saturated heterocycles. The average molecular weight is 444 g/mol. The molecule has 1 aliphatic heterocycles. The van der Waals surface area contributed by atoms with E-state index < -0.39 is 5.54 Å². The van der Waals surface area contributed by atoms with Crippen molar-refractivity contribution in [2.45, 2.75) is 39.0 Å². The summed E-state index contributed by atoms with van der Waals surface area (Å²) in [5.41, 5.74) is 2.83. The van der Waals surface area contributed by atoms with Gasteiger partial charge in [-0.05, 0) is 42.5 Å². The number of fused-ring (bicyclic) bond motifs is 3. The molecule has 0 radical (unpaired) electrons. The zero-order chi connectivity index (χ0) is 22.3. The summed E-state index contributed by atoms with van der Waals surface area (Å²) in [6.07, 6.45) is 0. The van der Waals surface area contributed by atoms with Crippen molar-refractivity contribution >= 4 is 33.4 Å². The Hall–Kier alpha value is -3.38. The molecule has 1 atom stereocenters. The maximum Gasteiger partial charge on any atom is 0.271 e. The summed E-state index contributed by atoms with van der Waals surface area (Å²) in [6, 6.07) is 21.9. The van der Waals surface area contributed by atoms with E-state index in [-0.39, 0.29) is 11.8 Å². The molecule has 1 unspecified atom stereocenters. The summed E-state index contributed by atoms with van der Waals surface area (Å²) in [7, 11) is 0. The molecule has 4 aromatic rings. The van der Waals surface area contributed by atoms with Gasteiger partial charge in [0.2, 0.25) is 5.91 Å². The van der Waals surface area contributed by atoms with Crippen LogP contribution in [-0.4, -0.2) is 26.8 Å². The molecule has 5 rings (SSSR count). The molecule has 2 aromatic heterocycles. The molecule has 3 heterocycles. The predicted molar refractivity (Wildman–Crippen MR) is 128 cm³/mol. The highest BCUT2D eigenvalue weighted by Gasteiger charge is 2.47. The van der Waals surface area contributed by atoms with Crippen LogP contribution in [-0.2, 0) is 24.4 Å². The van der Waals surface area contributed by atoms with E-state index in [0.717, 1.165) is 26.9 Å². The van der Waals surface area contributed by atoms with Crippen LogP contribution in [0.4, 0.5) is 0 Å². The smallest absolute Gasteiger partial charge is 0.271 e. The van der Waals surface area contributed by atoms with Gasteiger partial charge in [-0.3, -0.25) is 9.59 Å². The lowest BCUT2D eigenvalue weighted by Crippen LogP contribution is -2.63. The Morgan fingerprint density at radius 2 is 1.81 bits per heavy atom. The molecule has 162 valence electrons. The van der Waals surface area contributed by atoms with Gasteiger partial charge in [0.15, 0.2) is 0 Å². The van der Waals surface area contributed by atoms with Crippen molar-refractivity contribution in [3.63, 3.8) is 0 Å². The average Bonchev–Trinajstić information content (AvgIpc) is 3.39. The number of aryl methyl sites for hydroxylation is 1. The summed E-state index contributed by atoms with van der Waals surface area (Å²) >= 11 is 1.60. The van der Waals surface area contributed by atoms with Crippen LogP contribution in [0.2, 0.25) is 0 Å². The molecule has 0 saturated carbocycles. The summed E-state index contributed by atoms with van der Waals surface area (Å²) in [5.74, 6) is -0.261. The zero-order valence-electron chi connectivity index (χ0n) is 18.2. The van der Waals surface area contributed by atoms with E-state index in [1.54, 1.807) is 16.2 Å². The molecule has 0 aliphatic carbocycles. The van der Waals surface area contributed by atoms with Gasteiger partial charge in [-0.1, -0.05) is 60.2 Å². The van der Waals surface area contributed by atoms with Gasteiger partial charge in [0, 0.05) is 18.5 Å². The van der Waals surface area contributed by atoms with Crippen LogP contribution in [0.15, 0.2) is 72.1 Å². The van der Waals surface area contributed by atoms with Crippen LogP contribution < -0.4 is 5.32 Å². The quantitative estimate of drug-likeness (QED) is 0.484. The fourth-order valence-corrected chi connectivity index (χ4v) is 5.25. The number of thiophene rings is 1. The highest BCUT2D eigenvalue weighted by atomic mass is 32.1. The molecular weight excluding hydrogens is 418 g/mol. The zero-order valence-corrected chi connectivity index (χ0v) is 19.0. The third-order valence-corrected chi connectivity index (χ3v) is 7.23. The largest absolute Gasteiger partial charge is 0.350 e. The lowest BCUT2D eigenvalue weighted by atomic mass is 9.93. The van der Waals surface area contributed by atoms with E-state index in [4.69, 9.17) is 0 Å². The number of nitrogens with zero attached hydrogens (tertiary/aromatic N) is 2. The topological polar surface area (TPSA) is 54.3 Å². The van der Waals surface area contributed by atoms with Crippen molar-refractivity contribution in [1.29, 1.82) is 0 Å². The SMILES string of the molecule is Cc1ccc(CN2C(=O)c3cc4ccsc4n3CC2(C)C(=O)NCc2ccccc2)cc1. The molecule has 0 fully saturated rings. The first-order chi connectivity index (χ1) is 15.5. The number of hydrogen-bond donors (Lipinski definition) is 1. The number of rotatable bonds is 5. The van der Waals surface area contributed by atoms with Crippen molar-refractivity contribution in [1.82, 2.24) is 14.8 Å². The first-order valence-electron chi connectivity index (χ1n) is 10.7. The van der Waals surface area contributed by atoms with Gasteiger partial charge >= 0.3 is 0 Å². The van der Waals surface area contributed by atoms with Gasteiger partial charge < -0.3 is 14.8 Å². The van der Waals surface area contributed by atoms with Gasteiger partial charge in [0.05, 0.1) is 6.54 Å². The second-order valence-electron chi connectivity index (χ2n) is 8.62. The Kier molecular flexibility index (Phi) is 5.10. The molecule has 2 aromatic carbocycles. The van der Waals surface area contributed by atoms with Gasteiger partial charge in [-0.2, -0.15) is 0 Å². The molecule has 2 amide bonds. The van der Waals surface area contributed by atoms with Crippen LogP contribution in [0.5, 0.6) is 0 Å². The fourth-order valence-electron chi connectivity index (χ4n) is 4.35. The summed E-state index contributed by atoms with van der Waals surface area (Å²) in [4.78, 5) is 30.0. The Morgan fingerprint density at radius 1 is 1.06 bits per heavy atom. The molecule has 32 heavy (non-hydrogen) atoms. The van der Waals surface area contributed by atoms with Crippen LogP contribution in [0.1, 0.15) is 34.1 Å². The number of hydrogen-bond acceptors (Lipinski definition) is 3. The van der Waals surface area contributed by atoms with Crippen molar-refractivity contribution in [2.75, 3.05) is 0 Å². The predicted octanol–water partition coefficient (Wildman–Crippen LogP) is 4.74. The van der Waals surface area contributed by atoms with Gasteiger partial charge in [-0.15, -0.1) is 11.3 Å². The minimum absolute atomic E-state index is 0.113. The van der Waals surface area contributed by atoms with Crippen molar-refractivity contribution < 1.29 is 9.59 Å². The summed E-state index contributed by atoms with van der Waals surface area (Å²) < 4.78 is 2.01. The van der Waals surface area contributed by atoms with E-state index >= 15 is 0 Å². The molecular formula is C26H25N3O2S. The maximum absolute atomic E-state index is 13.7. The monoisotopic (exact) mass is 443 g/mol. The van der Waals surface area contributed by atoms with Crippen molar-refractivity contribution in [3.8, 4) is 0 Å². The van der Waals surface area contributed by atoms with Crippen molar-refractivity contribution in [2.24, 2.45) is 0 Å². The maximum atomic E-state index is 13.7. The second kappa shape index (κ2) is 7.95. The minimum Gasteiger partial charge on any atom is -0.350 e. The molecule has 1 aliphatic rings. The number of carbonyl (C=O) groups excluding carboxylic acids is 2. The first-order valence-corrected chi connectivity index (χ1v) is 11.6. The molecule has 0 spiro atoms. The second-order valence-corrected chi connectivity index (χ2v) is 9.51. The van der Waals surface area contributed by atoms with Crippen molar-refractivity contribution in [3.05, 3.63) is 94.5 Å². The standard InChI is InChI=1S/C26H25N3O2S/c1-18-8-10-20(11-9-18)16-29-23(30)22-14-21-12-13-32-24(21)28(22)17-26(29,2)25(31)27-15-19-6-4-3-5-7-19/h3-14H,15-17H2,1-2H3,(H,27,31). The lowest BCUT2D eigenvalue weighted by Gasteiger charge is -2.44. The normalized spacial score (nSPS) is 18.1. The Bertz CT molecular complexity index is 1290. The van der Waals surface area contributed by atoms with E-state index in [1.165, 1.54) is 0 Å². The number of carbonyl (C=O) groups is 2. The lowest BCUT2D eigenvalue weighted by molar-refractivity contribution is -0.133. The highest BCUT2D eigenvalue weighted by molar-refractivity contribution is 7.16. The van der Waals surface area contributed by atoms with E-state index in [2.05, 4.69) is 5.32 Å². The van der Waals surface area contributed by atoms with Crippen LogP contribution >= 0.6 is 11.3 Å². The number of aromatic nitrogens is 1. The van der Waals surface area contributed by atoms with Gasteiger partial charge in [0.1, 0.15) is 16.1 Å². The fraction of sp³-hybridized carbons (Fsp3) is 0.231. The highest BCUT2D eigenvalue weighted by Crippen LogP contribution is 2.35. The van der Waals surface area contributed by atoms with Crippen LogP contribution in [0, 0.1) is 6.92 Å². The van der Waals surface area contributed by atoms with E-state index in [9.17, 15) is 9.59 Å². The third kappa shape index (κ3) is 3.50.